The van der Waals surface area contributed by atoms with Crippen molar-refractivity contribution in [2.45, 2.75) is 38.5 Å². The third kappa shape index (κ3) is 3.52. The highest BCUT2D eigenvalue weighted by Crippen LogP contribution is 2.36. The molecular formula is C16H21ClO. The molecule has 0 unspecified atom stereocenters. The van der Waals surface area contributed by atoms with E-state index in [2.05, 4.69) is 18.2 Å². The van der Waals surface area contributed by atoms with E-state index in [0.29, 0.717) is 11.8 Å². The first-order valence-electron chi connectivity index (χ1n) is 6.67. The highest BCUT2D eigenvalue weighted by molar-refractivity contribution is 6.30. The van der Waals surface area contributed by atoms with Gasteiger partial charge in [0.05, 0.1) is 12.9 Å². The standard InChI is InChI=1S/C16H21ClO/c1-12(18-2)11-13-3-5-14(6-4-13)15-7-9-16(17)10-8-15/h7-11,13-14H,3-6H2,1-2H3. The maximum Gasteiger partial charge on any atom is 0.0887 e. The van der Waals surface area contributed by atoms with Gasteiger partial charge in [0.25, 0.3) is 0 Å². The van der Waals surface area contributed by atoms with Crippen LogP contribution < -0.4 is 0 Å². The van der Waals surface area contributed by atoms with Crippen LogP contribution in [0.2, 0.25) is 5.02 Å². The van der Waals surface area contributed by atoms with E-state index in [4.69, 9.17) is 16.3 Å². The largest absolute Gasteiger partial charge is 0.502 e. The number of allylic oxidation sites excluding steroid dienone is 2. The first-order chi connectivity index (χ1) is 8.69. The van der Waals surface area contributed by atoms with E-state index in [1.807, 2.05) is 19.1 Å². The fraction of sp³-hybridized carbons (Fsp3) is 0.500. The van der Waals surface area contributed by atoms with Crippen molar-refractivity contribution in [3.63, 3.8) is 0 Å². The van der Waals surface area contributed by atoms with Crippen LogP contribution in [0, 0.1) is 5.92 Å². The van der Waals surface area contributed by atoms with Crippen molar-refractivity contribution < 1.29 is 4.74 Å². The topological polar surface area (TPSA) is 9.23 Å². The fourth-order valence-electron chi connectivity index (χ4n) is 2.75. The second-order valence-electron chi connectivity index (χ2n) is 5.14. The molecule has 0 aliphatic heterocycles. The third-order valence-electron chi connectivity index (χ3n) is 3.91. The lowest BCUT2D eigenvalue weighted by Gasteiger charge is -2.27. The van der Waals surface area contributed by atoms with Gasteiger partial charge in [-0.05, 0) is 68.2 Å². The molecule has 0 heterocycles. The normalized spacial score (nSPS) is 24.9. The van der Waals surface area contributed by atoms with Crippen LogP contribution in [-0.2, 0) is 4.74 Å². The Morgan fingerprint density at radius 2 is 1.78 bits per heavy atom. The van der Waals surface area contributed by atoms with Gasteiger partial charge in [-0.25, -0.2) is 0 Å². The number of benzene rings is 1. The molecule has 1 aromatic rings. The summed E-state index contributed by atoms with van der Waals surface area (Å²) < 4.78 is 5.22. The molecule has 0 saturated heterocycles. The van der Waals surface area contributed by atoms with E-state index in [1.54, 1.807) is 7.11 Å². The van der Waals surface area contributed by atoms with E-state index < -0.39 is 0 Å². The van der Waals surface area contributed by atoms with Crippen molar-refractivity contribution in [3.05, 3.63) is 46.7 Å². The number of halogens is 1. The summed E-state index contributed by atoms with van der Waals surface area (Å²) in [5.74, 6) is 2.44. The van der Waals surface area contributed by atoms with E-state index in [9.17, 15) is 0 Å². The van der Waals surface area contributed by atoms with Gasteiger partial charge in [0.15, 0.2) is 0 Å². The number of methoxy groups -OCH3 is 1. The summed E-state index contributed by atoms with van der Waals surface area (Å²) in [6.07, 6.45) is 7.32. The Bertz CT molecular complexity index is 400. The zero-order valence-electron chi connectivity index (χ0n) is 11.2. The van der Waals surface area contributed by atoms with Crippen molar-refractivity contribution in [2.24, 2.45) is 5.92 Å². The van der Waals surface area contributed by atoms with E-state index in [1.165, 1.54) is 31.2 Å². The maximum atomic E-state index is 5.93. The van der Waals surface area contributed by atoms with Gasteiger partial charge >= 0.3 is 0 Å². The molecule has 2 heteroatoms. The molecule has 18 heavy (non-hydrogen) atoms. The van der Waals surface area contributed by atoms with Gasteiger partial charge in [-0.15, -0.1) is 0 Å². The van der Waals surface area contributed by atoms with Gasteiger partial charge in [0, 0.05) is 5.02 Å². The summed E-state index contributed by atoms with van der Waals surface area (Å²) in [6.45, 7) is 2.03. The maximum absolute atomic E-state index is 5.93. The molecule has 0 radical (unpaired) electrons. The van der Waals surface area contributed by atoms with Crippen LogP contribution in [0.4, 0.5) is 0 Å². The Morgan fingerprint density at radius 1 is 1.17 bits per heavy atom. The Balaban J connectivity index is 1.92. The highest BCUT2D eigenvalue weighted by atomic mass is 35.5. The summed E-state index contributed by atoms with van der Waals surface area (Å²) in [5, 5.41) is 0.825. The molecular weight excluding hydrogens is 244 g/mol. The lowest BCUT2D eigenvalue weighted by molar-refractivity contribution is 0.282. The summed E-state index contributed by atoms with van der Waals surface area (Å²) in [5.41, 5.74) is 1.44. The molecule has 0 spiro atoms. The molecule has 1 saturated carbocycles. The van der Waals surface area contributed by atoms with E-state index >= 15 is 0 Å². The number of hydrogen-bond acceptors (Lipinski definition) is 1. The molecule has 1 aliphatic carbocycles. The number of ether oxygens (including phenoxy) is 1. The van der Waals surface area contributed by atoms with Gasteiger partial charge in [-0.3, -0.25) is 0 Å². The van der Waals surface area contributed by atoms with E-state index in [-0.39, 0.29) is 0 Å². The smallest absolute Gasteiger partial charge is 0.0887 e. The van der Waals surface area contributed by atoms with Crippen molar-refractivity contribution in [1.82, 2.24) is 0 Å². The van der Waals surface area contributed by atoms with Crippen LogP contribution in [0.25, 0.3) is 0 Å². The van der Waals surface area contributed by atoms with Gasteiger partial charge in [-0.2, -0.15) is 0 Å². The molecule has 0 atom stereocenters. The van der Waals surface area contributed by atoms with Crippen molar-refractivity contribution >= 4 is 11.6 Å². The van der Waals surface area contributed by atoms with E-state index in [0.717, 1.165) is 10.8 Å². The van der Waals surface area contributed by atoms with Gasteiger partial charge < -0.3 is 4.74 Å². The molecule has 1 aliphatic rings. The highest BCUT2D eigenvalue weighted by Gasteiger charge is 2.21. The molecule has 0 amide bonds. The van der Waals surface area contributed by atoms with Crippen LogP contribution in [-0.4, -0.2) is 7.11 Å². The summed E-state index contributed by atoms with van der Waals surface area (Å²) >= 11 is 5.93. The molecule has 1 aromatic carbocycles. The second kappa shape index (κ2) is 6.29. The molecule has 1 nitrogen and oxygen atoms in total. The van der Waals surface area contributed by atoms with Crippen LogP contribution in [0.1, 0.15) is 44.1 Å². The number of rotatable bonds is 3. The Kier molecular flexibility index (Phi) is 4.71. The average Bonchev–Trinajstić information content (AvgIpc) is 2.40. The minimum absolute atomic E-state index is 0.688. The lowest BCUT2D eigenvalue weighted by atomic mass is 9.78. The molecule has 0 aromatic heterocycles. The third-order valence-corrected chi connectivity index (χ3v) is 4.16. The number of hydrogen-bond donors (Lipinski definition) is 0. The molecule has 0 N–H and O–H groups in total. The first kappa shape index (κ1) is 13.5. The summed E-state index contributed by atoms with van der Waals surface area (Å²) in [7, 11) is 1.74. The summed E-state index contributed by atoms with van der Waals surface area (Å²) in [4.78, 5) is 0. The summed E-state index contributed by atoms with van der Waals surface area (Å²) in [6, 6.07) is 8.34. The van der Waals surface area contributed by atoms with Gasteiger partial charge in [0.1, 0.15) is 0 Å². The van der Waals surface area contributed by atoms with Gasteiger partial charge in [-0.1, -0.05) is 23.7 Å². The Hall–Kier alpha value is -0.950. The zero-order valence-corrected chi connectivity index (χ0v) is 11.9. The van der Waals surface area contributed by atoms with Crippen molar-refractivity contribution in [1.29, 1.82) is 0 Å². The minimum atomic E-state index is 0.688. The SMILES string of the molecule is COC(C)=CC1CCC(c2ccc(Cl)cc2)CC1. The molecule has 98 valence electrons. The fourth-order valence-corrected chi connectivity index (χ4v) is 2.88. The van der Waals surface area contributed by atoms with Crippen LogP contribution in [0.15, 0.2) is 36.1 Å². The van der Waals surface area contributed by atoms with Crippen molar-refractivity contribution in [2.75, 3.05) is 7.11 Å². The monoisotopic (exact) mass is 264 g/mol. The first-order valence-corrected chi connectivity index (χ1v) is 7.04. The second-order valence-corrected chi connectivity index (χ2v) is 5.58. The minimum Gasteiger partial charge on any atom is -0.502 e. The predicted molar refractivity (Wildman–Crippen MR) is 76.9 cm³/mol. The van der Waals surface area contributed by atoms with Gasteiger partial charge in [0.2, 0.25) is 0 Å². The predicted octanol–water partition coefficient (Wildman–Crippen LogP) is 5.16. The van der Waals surface area contributed by atoms with Crippen molar-refractivity contribution in [3.8, 4) is 0 Å². The Labute approximate surface area is 115 Å². The quantitative estimate of drug-likeness (QED) is 0.685. The zero-order chi connectivity index (χ0) is 13.0. The molecule has 0 bridgehead atoms. The van der Waals surface area contributed by atoms with Crippen LogP contribution in [0.3, 0.4) is 0 Å². The lowest BCUT2D eigenvalue weighted by Crippen LogP contribution is -2.12. The molecule has 2 rings (SSSR count). The average molecular weight is 265 g/mol. The van der Waals surface area contributed by atoms with Crippen LogP contribution >= 0.6 is 11.6 Å². The molecule has 1 fully saturated rings. The van der Waals surface area contributed by atoms with Crippen LogP contribution in [0.5, 0.6) is 0 Å². The Morgan fingerprint density at radius 3 is 2.33 bits per heavy atom.